The number of aromatic nitrogens is 1. The lowest BCUT2D eigenvalue weighted by atomic mass is 9.88. The summed E-state index contributed by atoms with van der Waals surface area (Å²) >= 11 is 0. The molecule has 1 fully saturated rings. The third-order valence-corrected chi connectivity index (χ3v) is 4.66. The molecule has 0 spiro atoms. The highest BCUT2D eigenvalue weighted by molar-refractivity contribution is 5.51. The summed E-state index contributed by atoms with van der Waals surface area (Å²) < 4.78 is 17.1. The van der Waals surface area contributed by atoms with E-state index in [1.165, 1.54) is 0 Å². The van der Waals surface area contributed by atoms with E-state index in [1.807, 2.05) is 20.8 Å². The first kappa shape index (κ1) is 17.2. The number of nitrogens with zero attached hydrogens (tertiary/aromatic N) is 3. The largest absolute Gasteiger partial charge is 0.475 e. The minimum Gasteiger partial charge on any atom is -0.475 e. The highest BCUT2D eigenvalue weighted by atomic mass is 16.5. The van der Waals surface area contributed by atoms with Crippen LogP contribution in [0.3, 0.4) is 0 Å². The molecule has 3 heterocycles. The molecule has 3 rings (SSSR count). The molecule has 1 aromatic rings. The number of pyridine rings is 1. The van der Waals surface area contributed by atoms with E-state index in [9.17, 15) is 5.26 Å². The van der Waals surface area contributed by atoms with Crippen molar-refractivity contribution in [2.24, 2.45) is 0 Å². The van der Waals surface area contributed by atoms with Gasteiger partial charge in [-0.2, -0.15) is 5.26 Å². The lowest BCUT2D eigenvalue weighted by Crippen LogP contribution is -2.38. The molecule has 0 bridgehead atoms. The SMILES string of the molecule is Cc1nc(OCCN2CCOCC2)c(C#N)c2c1COC(C)(C)C2. The molecule has 1 saturated heterocycles. The molecule has 0 N–H and O–H groups in total. The fraction of sp³-hybridized carbons (Fsp3) is 0.667. The number of ether oxygens (including phenoxy) is 3. The van der Waals surface area contributed by atoms with Crippen LogP contribution in [0.15, 0.2) is 0 Å². The zero-order chi connectivity index (χ0) is 17.2. The lowest BCUT2D eigenvalue weighted by molar-refractivity contribution is -0.0407. The van der Waals surface area contributed by atoms with E-state index in [2.05, 4.69) is 16.0 Å². The van der Waals surface area contributed by atoms with Gasteiger partial charge in [0, 0.05) is 37.3 Å². The Morgan fingerprint density at radius 1 is 1.29 bits per heavy atom. The first-order chi connectivity index (χ1) is 11.5. The van der Waals surface area contributed by atoms with Crippen molar-refractivity contribution in [3.05, 3.63) is 22.4 Å². The summed E-state index contributed by atoms with van der Waals surface area (Å²) in [5.41, 5.74) is 3.25. The van der Waals surface area contributed by atoms with Gasteiger partial charge in [0.2, 0.25) is 5.88 Å². The van der Waals surface area contributed by atoms with Gasteiger partial charge in [-0.3, -0.25) is 4.90 Å². The van der Waals surface area contributed by atoms with E-state index in [1.54, 1.807) is 0 Å². The van der Waals surface area contributed by atoms with Crippen molar-refractivity contribution in [1.29, 1.82) is 5.26 Å². The number of nitriles is 1. The highest BCUT2D eigenvalue weighted by Crippen LogP contribution is 2.34. The molecule has 24 heavy (non-hydrogen) atoms. The van der Waals surface area contributed by atoms with Gasteiger partial charge in [-0.15, -0.1) is 0 Å². The first-order valence-electron chi connectivity index (χ1n) is 8.49. The number of hydrogen-bond acceptors (Lipinski definition) is 6. The van der Waals surface area contributed by atoms with Crippen molar-refractivity contribution in [3.8, 4) is 11.9 Å². The Morgan fingerprint density at radius 3 is 2.75 bits per heavy atom. The fourth-order valence-electron chi connectivity index (χ4n) is 3.22. The summed E-state index contributed by atoms with van der Waals surface area (Å²) in [6.45, 7) is 11.3. The minimum atomic E-state index is -0.266. The fourth-order valence-corrected chi connectivity index (χ4v) is 3.22. The van der Waals surface area contributed by atoms with Crippen LogP contribution in [-0.2, 0) is 22.5 Å². The average molecular weight is 331 g/mol. The minimum absolute atomic E-state index is 0.266. The maximum Gasteiger partial charge on any atom is 0.232 e. The Morgan fingerprint density at radius 2 is 2.04 bits per heavy atom. The molecule has 0 atom stereocenters. The lowest BCUT2D eigenvalue weighted by Gasteiger charge is -2.33. The second kappa shape index (κ2) is 7.06. The Labute approximate surface area is 143 Å². The van der Waals surface area contributed by atoms with Gasteiger partial charge >= 0.3 is 0 Å². The maximum absolute atomic E-state index is 9.65. The predicted molar refractivity (Wildman–Crippen MR) is 89.0 cm³/mol. The molecule has 2 aliphatic heterocycles. The van der Waals surface area contributed by atoms with Gasteiger partial charge in [-0.25, -0.2) is 4.98 Å². The molecule has 0 radical (unpaired) electrons. The molecule has 0 aliphatic carbocycles. The zero-order valence-electron chi connectivity index (χ0n) is 14.7. The van der Waals surface area contributed by atoms with Gasteiger partial charge in [-0.05, 0) is 26.3 Å². The molecule has 0 saturated carbocycles. The van der Waals surface area contributed by atoms with Crippen LogP contribution >= 0.6 is 0 Å². The van der Waals surface area contributed by atoms with Gasteiger partial charge in [0.05, 0.1) is 25.4 Å². The molecule has 2 aliphatic rings. The van der Waals surface area contributed by atoms with Crippen LogP contribution in [-0.4, -0.2) is 54.9 Å². The van der Waals surface area contributed by atoms with Crippen molar-refractivity contribution >= 4 is 0 Å². The van der Waals surface area contributed by atoms with E-state index in [0.717, 1.165) is 49.7 Å². The van der Waals surface area contributed by atoms with Gasteiger partial charge in [0.1, 0.15) is 18.2 Å². The monoisotopic (exact) mass is 331 g/mol. The molecule has 0 aromatic carbocycles. The third-order valence-electron chi connectivity index (χ3n) is 4.66. The van der Waals surface area contributed by atoms with Gasteiger partial charge < -0.3 is 14.2 Å². The summed E-state index contributed by atoms with van der Waals surface area (Å²) in [6, 6.07) is 2.30. The van der Waals surface area contributed by atoms with Crippen LogP contribution in [0.25, 0.3) is 0 Å². The van der Waals surface area contributed by atoms with Crippen LogP contribution in [0.2, 0.25) is 0 Å². The van der Waals surface area contributed by atoms with Gasteiger partial charge in [-0.1, -0.05) is 0 Å². The molecular formula is C18H25N3O3. The number of morpholine rings is 1. The van der Waals surface area contributed by atoms with Crippen LogP contribution in [0.4, 0.5) is 0 Å². The standard InChI is InChI=1S/C18H25N3O3/c1-13-16-12-24-18(2,3)10-14(16)15(11-19)17(20-13)23-9-6-21-4-7-22-8-5-21/h4-10,12H2,1-3H3. The van der Waals surface area contributed by atoms with Crippen molar-refractivity contribution in [2.45, 2.75) is 39.4 Å². The summed E-state index contributed by atoms with van der Waals surface area (Å²) in [5, 5.41) is 9.65. The smallest absolute Gasteiger partial charge is 0.232 e. The van der Waals surface area contributed by atoms with E-state index in [-0.39, 0.29) is 5.60 Å². The quantitative estimate of drug-likeness (QED) is 0.838. The van der Waals surface area contributed by atoms with Crippen LogP contribution < -0.4 is 4.74 Å². The molecule has 0 amide bonds. The maximum atomic E-state index is 9.65. The van der Waals surface area contributed by atoms with Crippen molar-refractivity contribution in [2.75, 3.05) is 39.5 Å². The molecule has 1 aromatic heterocycles. The predicted octanol–water partition coefficient (Wildman–Crippen LogP) is 1.82. The van der Waals surface area contributed by atoms with E-state index >= 15 is 0 Å². The van der Waals surface area contributed by atoms with Crippen molar-refractivity contribution < 1.29 is 14.2 Å². The number of aryl methyl sites for hydroxylation is 1. The number of hydrogen-bond donors (Lipinski definition) is 0. The zero-order valence-corrected chi connectivity index (χ0v) is 14.7. The van der Waals surface area contributed by atoms with Gasteiger partial charge in [0.15, 0.2) is 0 Å². The normalized spacial score (nSPS) is 20.2. The van der Waals surface area contributed by atoms with Crippen LogP contribution in [0, 0.1) is 18.3 Å². The Kier molecular flexibility index (Phi) is 5.04. The second-order valence-electron chi connectivity index (χ2n) is 6.97. The van der Waals surface area contributed by atoms with Gasteiger partial charge in [0.25, 0.3) is 0 Å². The van der Waals surface area contributed by atoms with Crippen molar-refractivity contribution in [3.63, 3.8) is 0 Å². The molecular weight excluding hydrogens is 306 g/mol. The first-order valence-corrected chi connectivity index (χ1v) is 8.49. The van der Waals surface area contributed by atoms with E-state index < -0.39 is 0 Å². The second-order valence-corrected chi connectivity index (χ2v) is 6.97. The van der Waals surface area contributed by atoms with E-state index in [0.29, 0.717) is 31.1 Å². The van der Waals surface area contributed by atoms with E-state index in [4.69, 9.17) is 14.2 Å². The molecule has 0 unspecified atom stereocenters. The summed E-state index contributed by atoms with van der Waals surface area (Å²) in [4.78, 5) is 6.82. The average Bonchev–Trinajstić information content (AvgIpc) is 2.55. The number of rotatable bonds is 4. The third kappa shape index (κ3) is 3.69. The molecule has 6 heteroatoms. The Balaban J connectivity index is 1.76. The highest BCUT2D eigenvalue weighted by Gasteiger charge is 2.31. The van der Waals surface area contributed by atoms with Crippen LogP contribution in [0.5, 0.6) is 5.88 Å². The molecule has 130 valence electrons. The summed E-state index contributed by atoms with van der Waals surface area (Å²) in [7, 11) is 0. The summed E-state index contributed by atoms with van der Waals surface area (Å²) in [5.74, 6) is 0.458. The Bertz CT molecular complexity index is 646. The number of fused-ring (bicyclic) bond motifs is 1. The summed E-state index contributed by atoms with van der Waals surface area (Å²) in [6.07, 6.45) is 0.703. The molecule has 6 nitrogen and oxygen atoms in total. The van der Waals surface area contributed by atoms with Crippen LogP contribution in [0.1, 0.15) is 36.2 Å². The Hall–Kier alpha value is -1.68. The van der Waals surface area contributed by atoms with Crippen molar-refractivity contribution in [1.82, 2.24) is 9.88 Å². The topological polar surface area (TPSA) is 67.6 Å².